The van der Waals surface area contributed by atoms with Crippen LogP contribution in [0.2, 0.25) is 0 Å². The molecule has 2 rings (SSSR count). The molecule has 1 aromatic rings. The molecule has 0 radical (unpaired) electrons. The smallest absolute Gasteiger partial charge is 0.227 e. The van der Waals surface area contributed by atoms with E-state index in [0.717, 1.165) is 76.2 Å². The highest BCUT2D eigenvalue weighted by molar-refractivity contribution is 5.84. The Morgan fingerprint density at radius 1 is 0.588 bits per heavy atom. The quantitative estimate of drug-likeness (QED) is 0.0310. The first-order valence-electron chi connectivity index (χ1n) is 28.6. The number of nitrogens with two attached hydrogens (primary N) is 1. The number of amides is 1. The molecule has 6 unspecified atom stereocenters. The Hall–Kier alpha value is -1.67. The molecule has 1 fully saturated rings. The maximum atomic E-state index is 14.3. The van der Waals surface area contributed by atoms with E-state index in [2.05, 4.69) is 19.2 Å². The SMILES string of the molecule is CCCCCCCCCCCCCCCCCCCC(C(=O)N[C@@H](COC1OC(COCCCCCCN)C(O)C(O)C1O)[C@H](O)[C@H](O)CCCCCCCCCCCCCC)c1ccccc1. The van der Waals surface area contributed by atoms with Gasteiger partial charge in [-0.05, 0) is 37.8 Å². The highest BCUT2D eigenvalue weighted by atomic mass is 16.7. The van der Waals surface area contributed by atoms with Gasteiger partial charge in [-0.1, -0.05) is 243 Å². The second-order valence-electron chi connectivity index (χ2n) is 20.4. The summed E-state index contributed by atoms with van der Waals surface area (Å²) in [5.74, 6) is -0.739. The van der Waals surface area contributed by atoms with Gasteiger partial charge in [0.25, 0.3) is 0 Å². The van der Waals surface area contributed by atoms with Gasteiger partial charge in [0.2, 0.25) is 5.91 Å². The molecule has 1 aliphatic rings. The third-order valence-electron chi connectivity index (χ3n) is 14.2. The standard InChI is InChI=1S/C57H106N2O9/c1-3-5-7-9-11-13-15-17-18-19-20-21-22-24-26-28-35-41-48(47-39-33-32-34-40-47)56(65)59-49(52(61)50(60)42-36-29-27-25-23-16-14-12-10-8-6-4-2)45-67-57-55(64)54(63)53(62)51(68-57)46-66-44-38-31-30-37-43-58/h32-34,39-40,48-55,57,60-64H,3-31,35-38,41-46,58H2,1-2H3,(H,59,65)/t48?,49-,50+,51?,52-,53?,54?,55?,57?/m0/s1. The number of benzene rings is 1. The van der Waals surface area contributed by atoms with Crippen molar-refractivity contribution in [1.82, 2.24) is 5.32 Å². The lowest BCUT2D eigenvalue weighted by molar-refractivity contribution is -0.304. The van der Waals surface area contributed by atoms with Crippen molar-refractivity contribution in [2.24, 2.45) is 5.73 Å². The van der Waals surface area contributed by atoms with Crippen molar-refractivity contribution in [3.63, 3.8) is 0 Å². The molecule has 0 spiro atoms. The molecule has 11 heteroatoms. The number of unbranched alkanes of at least 4 members (excludes halogenated alkanes) is 30. The van der Waals surface area contributed by atoms with Crippen LogP contribution in [0.1, 0.15) is 250 Å². The second-order valence-corrected chi connectivity index (χ2v) is 20.4. The molecule has 1 aromatic carbocycles. The number of hydrogen-bond acceptors (Lipinski definition) is 10. The third-order valence-corrected chi connectivity index (χ3v) is 14.2. The zero-order valence-corrected chi connectivity index (χ0v) is 43.6. The van der Waals surface area contributed by atoms with E-state index >= 15 is 0 Å². The molecule has 11 nitrogen and oxygen atoms in total. The molecular formula is C57H106N2O9. The summed E-state index contributed by atoms with van der Waals surface area (Å²) >= 11 is 0. The van der Waals surface area contributed by atoms with Crippen molar-refractivity contribution in [1.29, 1.82) is 0 Å². The number of hydrogen-bond donors (Lipinski definition) is 7. The van der Waals surface area contributed by atoms with E-state index in [1.807, 2.05) is 30.3 Å². The lowest BCUT2D eigenvalue weighted by Gasteiger charge is -2.41. The highest BCUT2D eigenvalue weighted by Gasteiger charge is 2.45. The number of carbonyl (C=O) groups excluding carboxylic acids is 1. The molecule has 1 saturated heterocycles. The van der Waals surface area contributed by atoms with Crippen molar-refractivity contribution in [2.45, 2.75) is 293 Å². The van der Waals surface area contributed by atoms with E-state index in [-0.39, 0.29) is 19.1 Å². The summed E-state index contributed by atoms with van der Waals surface area (Å²) in [6, 6.07) is 8.68. The van der Waals surface area contributed by atoms with Crippen molar-refractivity contribution >= 4 is 5.91 Å². The molecule has 0 aliphatic carbocycles. The van der Waals surface area contributed by atoms with E-state index in [1.165, 1.54) is 141 Å². The van der Waals surface area contributed by atoms with Gasteiger partial charge in [0, 0.05) is 6.61 Å². The summed E-state index contributed by atoms with van der Waals surface area (Å²) in [7, 11) is 0. The molecular weight excluding hydrogens is 857 g/mol. The minimum absolute atomic E-state index is 0.0135. The van der Waals surface area contributed by atoms with Gasteiger partial charge in [0.15, 0.2) is 6.29 Å². The number of aliphatic hydroxyl groups is 5. The normalized spacial score (nSPS) is 20.3. The Morgan fingerprint density at radius 3 is 1.51 bits per heavy atom. The lowest BCUT2D eigenvalue weighted by Crippen LogP contribution is -2.60. The van der Waals surface area contributed by atoms with E-state index in [0.29, 0.717) is 26.0 Å². The van der Waals surface area contributed by atoms with Gasteiger partial charge in [-0.15, -0.1) is 0 Å². The van der Waals surface area contributed by atoms with Gasteiger partial charge in [0.05, 0.1) is 31.3 Å². The number of carbonyl (C=O) groups is 1. The third kappa shape index (κ3) is 29.6. The number of rotatable bonds is 47. The first-order chi connectivity index (χ1) is 33.2. The average Bonchev–Trinajstić information content (AvgIpc) is 3.35. The fraction of sp³-hybridized carbons (Fsp3) is 0.877. The highest BCUT2D eigenvalue weighted by Crippen LogP contribution is 2.27. The Balaban J connectivity index is 1.96. The van der Waals surface area contributed by atoms with Crippen molar-refractivity contribution < 1.29 is 44.5 Å². The van der Waals surface area contributed by atoms with Crippen molar-refractivity contribution in [3.05, 3.63) is 35.9 Å². The van der Waals surface area contributed by atoms with Crippen molar-refractivity contribution in [2.75, 3.05) is 26.4 Å². The van der Waals surface area contributed by atoms with Gasteiger partial charge in [0.1, 0.15) is 30.5 Å². The van der Waals surface area contributed by atoms with Crippen LogP contribution in [0, 0.1) is 0 Å². The molecule has 8 N–H and O–H groups in total. The van der Waals surface area contributed by atoms with Crippen LogP contribution in [-0.2, 0) is 19.0 Å². The van der Waals surface area contributed by atoms with Gasteiger partial charge >= 0.3 is 0 Å². The lowest BCUT2D eigenvalue weighted by atomic mass is 9.91. The molecule has 1 heterocycles. The topological polar surface area (TPSA) is 184 Å². The van der Waals surface area contributed by atoms with Gasteiger partial charge in [-0.3, -0.25) is 4.79 Å². The molecule has 0 bridgehead atoms. The minimum Gasteiger partial charge on any atom is -0.390 e. The first kappa shape index (κ1) is 62.4. The van der Waals surface area contributed by atoms with Gasteiger partial charge in [-0.2, -0.15) is 0 Å². The van der Waals surface area contributed by atoms with Gasteiger partial charge < -0.3 is 50.8 Å². The molecule has 9 atom stereocenters. The molecule has 398 valence electrons. The Bertz CT molecular complexity index is 1260. The van der Waals surface area contributed by atoms with Crippen LogP contribution in [0.4, 0.5) is 0 Å². The summed E-state index contributed by atoms with van der Waals surface area (Å²) in [5.41, 5.74) is 6.48. The Kier molecular flexibility index (Phi) is 39.5. The van der Waals surface area contributed by atoms with Crippen molar-refractivity contribution in [3.8, 4) is 0 Å². The molecule has 1 amide bonds. The van der Waals surface area contributed by atoms with E-state index in [4.69, 9.17) is 19.9 Å². The van der Waals surface area contributed by atoms with E-state index in [1.54, 1.807) is 0 Å². The Morgan fingerprint density at radius 2 is 1.03 bits per heavy atom. The molecule has 1 aliphatic heterocycles. The molecule has 0 saturated carbocycles. The summed E-state index contributed by atoms with van der Waals surface area (Å²) in [6.45, 7) is 5.30. The van der Waals surface area contributed by atoms with E-state index in [9.17, 15) is 30.3 Å². The van der Waals surface area contributed by atoms with Crippen LogP contribution in [0.3, 0.4) is 0 Å². The average molecular weight is 963 g/mol. The van der Waals surface area contributed by atoms with E-state index < -0.39 is 54.9 Å². The number of ether oxygens (including phenoxy) is 3. The minimum atomic E-state index is -1.59. The molecule has 68 heavy (non-hydrogen) atoms. The van der Waals surface area contributed by atoms with Crippen LogP contribution in [0.5, 0.6) is 0 Å². The predicted molar refractivity (Wildman–Crippen MR) is 279 cm³/mol. The maximum absolute atomic E-state index is 14.3. The van der Waals surface area contributed by atoms with Crippen LogP contribution < -0.4 is 11.1 Å². The summed E-state index contributed by atoms with van der Waals surface area (Å²) in [6.07, 6.45) is 31.5. The number of nitrogens with one attached hydrogen (secondary N) is 1. The zero-order valence-electron chi connectivity index (χ0n) is 43.6. The molecule has 0 aromatic heterocycles. The summed E-state index contributed by atoms with van der Waals surface area (Å²) in [5, 5.41) is 58.5. The fourth-order valence-corrected chi connectivity index (χ4v) is 9.64. The van der Waals surface area contributed by atoms with Gasteiger partial charge in [-0.25, -0.2) is 0 Å². The first-order valence-corrected chi connectivity index (χ1v) is 28.6. The van der Waals surface area contributed by atoms with Crippen LogP contribution >= 0.6 is 0 Å². The largest absolute Gasteiger partial charge is 0.390 e. The van der Waals surface area contributed by atoms with Crippen LogP contribution in [-0.4, -0.2) is 107 Å². The maximum Gasteiger partial charge on any atom is 0.227 e. The second kappa shape index (κ2) is 43.0. The summed E-state index contributed by atoms with van der Waals surface area (Å²) in [4.78, 5) is 14.3. The van der Waals surface area contributed by atoms with Crippen LogP contribution in [0.15, 0.2) is 30.3 Å². The monoisotopic (exact) mass is 963 g/mol. The number of aliphatic hydroxyl groups excluding tert-OH is 5. The predicted octanol–water partition coefficient (Wildman–Crippen LogP) is 11.5. The summed E-state index contributed by atoms with van der Waals surface area (Å²) < 4.78 is 17.8. The Labute approximate surface area is 415 Å². The zero-order chi connectivity index (χ0) is 49.3. The van der Waals surface area contributed by atoms with Crippen LogP contribution in [0.25, 0.3) is 0 Å². The fourth-order valence-electron chi connectivity index (χ4n) is 9.64.